The Hall–Kier alpha value is -2.77. The van der Waals surface area contributed by atoms with Crippen molar-refractivity contribution in [1.82, 2.24) is 29.6 Å². The van der Waals surface area contributed by atoms with E-state index in [1.807, 2.05) is 32.6 Å². The number of nitrogens with zero attached hydrogens (tertiary/aromatic N) is 6. The van der Waals surface area contributed by atoms with Gasteiger partial charge >= 0.3 is 0 Å². The van der Waals surface area contributed by atoms with E-state index in [4.69, 9.17) is 4.52 Å². The highest BCUT2D eigenvalue weighted by atomic mass is 16.5. The summed E-state index contributed by atoms with van der Waals surface area (Å²) in [5.41, 5.74) is 4.91. The lowest BCUT2D eigenvalue weighted by Gasteiger charge is -2.25. The topological polar surface area (TPSA) is 89.4 Å². The van der Waals surface area contributed by atoms with Gasteiger partial charge in [0, 0.05) is 29.9 Å². The summed E-state index contributed by atoms with van der Waals surface area (Å²) in [4.78, 5) is 23.6. The molecule has 1 atom stereocenters. The fraction of sp³-hybridized carbons (Fsp3) is 0.526. The second kappa shape index (κ2) is 6.75. The van der Waals surface area contributed by atoms with E-state index in [-0.39, 0.29) is 11.9 Å². The number of fused-ring (bicyclic) bond motifs is 1. The Labute approximate surface area is 157 Å². The second-order valence-electron chi connectivity index (χ2n) is 7.22. The van der Waals surface area contributed by atoms with E-state index < -0.39 is 0 Å². The van der Waals surface area contributed by atoms with Crippen LogP contribution in [0.5, 0.6) is 0 Å². The van der Waals surface area contributed by atoms with Crippen molar-refractivity contribution in [2.75, 3.05) is 6.54 Å². The van der Waals surface area contributed by atoms with Crippen molar-refractivity contribution in [2.45, 2.75) is 59.4 Å². The van der Waals surface area contributed by atoms with E-state index >= 15 is 0 Å². The summed E-state index contributed by atoms with van der Waals surface area (Å²) in [6.07, 6.45) is 4.56. The first-order valence-corrected chi connectivity index (χ1v) is 9.35. The molecule has 1 saturated heterocycles. The van der Waals surface area contributed by atoms with E-state index in [1.54, 1.807) is 4.52 Å². The lowest BCUT2D eigenvalue weighted by molar-refractivity contribution is -0.132. The van der Waals surface area contributed by atoms with Crippen LogP contribution < -0.4 is 0 Å². The fourth-order valence-corrected chi connectivity index (χ4v) is 4.22. The average Bonchev–Trinajstić information content (AvgIpc) is 3.35. The van der Waals surface area contributed by atoms with Crippen molar-refractivity contribution >= 4 is 11.7 Å². The number of hydrogen-bond donors (Lipinski definition) is 0. The lowest BCUT2D eigenvalue weighted by Crippen LogP contribution is -2.31. The number of amides is 1. The molecule has 4 rings (SSSR count). The molecular weight excluding hydrogens is 344 g/mol. The third kappa shape index (κ3) is 2.98. The van der Waals surface area contributed by atoms with Gasteiger partial charge in [-0.3, -0.25) is 4.79 Å². The number of carbonyl (C=O) groups is 1. The van der Waals surface area contributed by atoms with Crippen LogP contribution >= 0.6 is 0 Å². The number of aromatic nitrogens is 5. The predicted molar refractivity (Wildman–Crippen MR) is 98.2 cm³/mol. The van der Waals surface area contributed by atoms with Crippen molar-refractivity contribution in [3.05, 3.63) is 40.3 Å². The maximum absolute atomic E-state index is 13.0. The number of carbonyl (C=O) groups excluding carboxylic acids is 1. The summed E-state index contributed by atoms with van der Waals surface area (Å²) in [7, 11) is 0. The first-order chi connectivity index (χ1) is 13.0. The molecule has 0 N–H and O–H groups in total. The third-order valence-electron chi connectivity index (χ3n) is 5.57. The molecule has 0 aliphatic carbocycles. The number of aryl methyl sites for hydroxylation is 4. The van der Waals surface area contributed by atoms with E-state index in [0.717, 1.165) is 53.4 Å². The minimum atomic E-state index is 0.0712. The van der Waals surface area contributed by atoms with Crippen LogP contribution in [0.15, 0.2) is 10.9 Å². The zero-order valence-electron chi connectivity index (χ0n) is 16.2. The average molecular weight is 368 g/mol. The van der Waals surface area contributed by atoms with Crippen LogP contribution in [0.3, 0.4) is 0 Å². The SMILES string of the molecule is Cc1nc2ncnn2c(C)c1CCC(=O)N1CCC[C@H]1c1c(C)noc1C. The van der Waals surface area contributed by atoms with Crippen LogP contribution in [0.4, 0.5) is 0 Å². The minimum absolute atomic E-state index is 0.0712. The van der Waals surface area contributed by atoms with Crippen LogP contribution in [0.1, 0.15) is 59.3 Å². The molecule has 1 aliphatic heterocycles. The van der Waals surface area contributed by atoms with Gasteiger partial charge in [0.2, 0.25) is 5.91 Å². The van der Waals surface area contributed by atoms with E-state index in [9.17, 15) is 4.79 Å². The van der Waals surface area contributed by atoms with E-state index in [2.05, 4.69) is 20.2 Å². The Kier molecular flexibility index (Phi) is 4.41. The fourth-order valence-electron chi connectivity index (χ4n) is 4.22. The lowest BCUT2D eigenvalue weighted by atomic mass is 10.0. The number of hydrogen-bond acceptors (Lipinski definition) is 6. The molecule has 142 valence electrons. The molecule has 0 unspecified atom stereocenters. The van der Waals surface area contributed by atoms with Gasteiger partial charge < -0.3 is 9.42 Å². The van der Waals surface area contributed by atoms with Gasteiger partial charge in [-0.05, 0) is 52.5 Å². The molecule has 3 aromatic heterocycles. The highest BCUT2D eigenvalue weighted by Crippen LogP contribution is 2.36. The summed E-state index contributed by atoms with van der Waals surface area (Å²) >= 11 is 0. The molecule has 8 nitrogen and oxygen atoms in total. The monoisotopic (exact) mass is 368 g/mol. The summed E-state index contributed by atoms with van der Waals surface area (Å²) in [6.45, 7) is 8.61. The zero-order chi connectivity index (χ0) is 19.1. The van der Waals surface area contributed by atoms with Gasteiger partial charge in [0.15, 0.2) is 0 Å². The molecule has 27 heavy (non-hydrogen) atoms. The number of rotatable bonds is 4. The van der Waals surface area contributed by atoms with Crippen LogP contribution in [0, 0.1) is 27.7 Å². The van der Waals surface area contributed by atoms with E-state index in [0.29, 0.717) is 18.6 Å². The van der Waals surface area contributed by atoms with Crippen molar-refractivity contribution in [2.24, 2.45) is 0 Å². The number of likely N-dealkylation sites (tertiary alicyclic amines) is 1. The standard InChI is InChI=1S/C19H24N6O2/c1-11-15(13(3)25-19(22-11)20-10-21-25)7-8-17(26)24-9-5-6-16(24)18-12(2)23-27-14(18)4/h10,16H,5-9H2,1-4H3/t16-/m0/s1. The normalized spacial score (nSPS) is 17.2. The van der Waals surface area contributed by atoms with Gasteiger partial charge in [-0.2, -0.15) is 10.1 Å². The Balaban J connectivity index is 1.53. The molecule has 0 aromatic carbocycles. The quantitative estimate of drug-likeness (QED) is 0.703. The van der Waals surface area contributed by atoms with Gasteiger partial charge in [0.25, 0.3) is 5.78 Å². The molecule has 1 aliphatic rings. The van der Waals surface area contributed by atoms with Crippen LogP contribution in [0.25, 0.3) is 5.78 Å². The summed E-state index contributed by atoms with van der Waals surface area (Å²) in [5.74, 6) is 1.57. The summed E-state index contributed by atoms with van der Waals surface area (Å²) in [5, 5.41) is 8.28. The molecule has 4 heterocycles. The van der Waals surface area contributed by atoms with Crippen LogP contribution in [0.2, 0.25) is 0 Å². The Morgan fingerprint density at radius 1 is 1.26 bits per heavy atom. The molecule has 0 saturated carbocycles. The van der Waals surface area contributed by atoms with Gasteiger partial charge in [-0.25, -0.2) is 9.50 Å². The zero-order valence-corrected chi connectivity index (χ0v) is 16.2. The largest absolute Gasteiger partial charge is 0.361 e. The van der Waals surface area contributed by atoms with Gasteiger partial charge in [-0.1, -0.05) is 5.16 Å². The highest BCUT2D eigenvalue weighted by molar-refractivity contribution is 5.77. The van der Waals surface area contributed by atoms with Crippen molar-refractivity contribution < 1.29 is 9.32 Å². The molecule has 0 radical (unpaired) electrons. The highest BCUT2D eigenvalue weighted by Gasteiger charge is 2.33. The predicted octanol–water partition coefficient (Wildman–Crippen LogP) is 2.64. The summed E-state index contributed by atoms with van der Waals surface area (Å²) < 4.78 is 7.05. The smallest absolute Gasteiger partial charge is 0.252 e. The van der Waals surface area contributed by atoms with Crippen molar-refractivity contribution in [3.8, 4) is 0 Å². The Morgan fingerprint density at radius 3 is 2.81 bits per heavy atom. The molecule has 1 amide bonds. The Morgan fingerprint density at radius 2 is 2.07 bits per heavy atom. The molecule has 0 bridgehead atoms. The van der Waals surface area contributed by atoms with Gasteiger partial charge in [0.05, 0.1) is 11.7 Å². The van der Waals surface area contributed by atoms with Gasteiger partial charge in [0.1, 0.15) is 12.1 Å². The molecule has 8 heteroatoms. The maximum atomic E-state index is 13.0. The van der Waals surface area contributed by atoms with Crippen molar-refractivity contribution in [1.29, 1.82) is 0 Å². The first kappa shape index (κ1) is 17.6. The van der Waals surface area contributed by atoms with Crippen molar-refractivity contribution in [3.63, 3.8) is 0 Å². The minimum Gasteiger partial charge on any atom is -0.361 e. The molecular formula is C19H24N6O2. The summed E-state index contributed by atoms with van der Waals surface area (Å²) in [6, 6.07) is 0.0712. The van der Waals surface area contributed by atoms with E-state index in [1.165, 1.54) is 6.33 Å². The first-order valence-electron chi connectivity index (χ1n) is 9.35. The van der Waals surface area contributed by atoms with Crippen LogP contribution in [-0.2, 0) is 11.2 Å². The Bertz CT molecular complexity index is 986. The molecule has 1 fully saturated rings. The maximum Gasteiger partial charge on any atom is 0.252 e. The van der Waals surface area contributed by atoms with Gasteiger partial charge in [-0.15, -0.1) is 0 Å². The second-order valence-corrected chi connectivity index (χ2v) is 7.22. The molecule has 0 spiro atoms. The third-order valence-corrected chi connectivity index (χ3v) is 5.57. The van der Waals surface area contributed by atoms with Crippen LogP contribution in [-0.4, -0.2) is 42.1 Å². The molecule has 3 aromatic rings.